The van der Waals surface area contributed by atoms with Gasteiger partial charge in [-0.25, -0.2) is 13.8 Å². The number of carbonyl (C=O) groups is 1. The van der Waals surface area contributed by atoms with Gasteiger partial charge in [0.15, 0.2) is 11.6 Å². The molecule has 0 saturated carbocycles. The Morgan fingerprint density at radius 1 is 1.30 bits per heavy atom. The second-order valence-corrected chi connectivity index (χ2v) is 9.15. The van der Waals surface area contributed by atoms with Crippen LogP contribution in [0.5, 0.6) is 5.75 Å². The lowest BCUT2D eigenvalue weighted by Gasteiger charge is -2.25. The van der Waals surface area contributed by atoms with Crippen LogP contribution in [0, 0.1) is 24.5 Å². The summed E-state index contributed by atoms with van der Waals surface area (Å²) in [6.45, 7) is 7.13. The first-order chi connectivity index (χ1) is 14.2. The third-order valence-electron chi connectivity index (χ3n) is 5.40. The van der Waals surface area contributed by atoms with E-state index in [1.54, 1.807) is 0 Å². The molecule has 0 aliphatic carbocycles. The molecule has 5 nitrogen and oxygen atoms in total. The summed E-state index contributed by atoms with van der Waals surface area (Å²) in [5, 5.41) is 11.9. The number of halogens is 2. The van der Waals surface area contributed by atoms with E-state index in [4.69, 9.17) is 4.74 Å². The zero-order chi connectivity index (χ0) is 21.9. The summed E-state index contributed by atoms with van der Waals surface area (Å²) in [6.07, 6.45) is 2.30. The fourth-order valence-electron chi connectivity index (χ4n) is 3.61. The highest BCUT2D eigenvalue weighted by Gasteiger charge is 2.36. The number of nitrogens with zero attached hydrogens (tertiary/aromatic N) is 2. The summed E-state index contributed by atoms with van der Waals surface area (Å²) in [5.74, 6) is -1.52. The van der Waals surface area contributed by atoms with E-state index in [1.165, 1.54) is 17.4 Å². The topological polar surface area (TPSA) is 62.7 Å². The van der Waals surface area contributed by atoms with Crippen molar-refractivity contribution in [3.05, 3.63) is 45.4 Å². The second kappa shape index (κ2) is 9.39. The van der Waals surface area contributed by atoms with Crippen LogP contribution in [0.1, 0.15) is 48.7 Å². The van der Waals surface area contributed by atoms with Gasteiger partial charge in [-0.1, -0.05) is 13.8 Å². The Morgan fingerprint density at radius 3 is 2.77 bits per heavy atom. The Hall–Kier alpha value is -2.06. The van der Waals surface area contributed by atoms with Crippen LogP contribution in [-0.2, 0) is 16.8 Å². The van der Waals surface area contributed by atoms with Crippen LogP contribution in [0.25, 0.3) is 0 Å². The van der Waals surface area contributed by atoms with Crippen molar-refractivity contribution >= 4 is 17.2 Å². The van der Waals surface area contributed by atoms with E-state index in [2.05, 4.69) is 4.98 Å². The third-order valence-corrected chi connectivity index (χ3v) is 6.81. The van der Waals surface area contributed by atoms with Gasteiger partial charge in [-0.2, -0.15) is 0 Å². The van der Waals surface area contributed by atoms with E-state index in [1.807, 2.05) is 25.7 Å². The van der Waals surface area contributed by atoms with Crippen molar-refractivity contribution in [2.24, 2.45) is 5.92 Å². The van der Waals surface area contributed by atoms with Crippen molar-refractivity contribution in [2.75, 3.05) is 19.7 Å². The SMILES string of the molecule is Cc1nc([C@]2(O)CCCN(C(=O)C(C)C)CC2)sc1CCOc1ccc(F)c(F)c1. The highest BCUT2D eigenvalue weighted by atomic mass is 32.1. The van der Waals surface area contributed by atoms with Crippen molar-refractivity contribution in [1.82, 2.24) is 9.88 Å². The van der Waals surface area contributed by atoms with Crippen molar-refractivity contribution in [3.63, 3.8) is 0 Å². The molecule has 164 valence electrons. The standard InChI is InChI=1S/C22H28F2N2O3S/c1-14(2)20(27)26-10-4-8-22(28,9-11-26)21-25-15(3)19(30-21)7-12-29-16-5-6-17(23)18(24)13-16/h5-6,13-14,28H,4,7-12H2,1-3H3/t22-/m0/s1. The highest BCUT2D eigenvalue weighted by molar-refractivity contribution is 7.11. The Labute approximate surface area is 179 Å². The van der Waals surface area contributed by atoms with Gasteiger partial charge in [-0.15, -0.1) is 11.3 Å². The zero-order valence-corrected chi connectivity index (χ0v) is 18.4. The quantitative estimate of drug-likeness (QED) is 0.734. The van der Waals surface area contributed by atoms with Crippen LogP contribution < -0.4 is 4.74 Å². The number of aliphatic hydroxyl groups is 1. The van der Waals surface area contributed by atoms with Gasteiger partial charge >= 0.3 is 0 Å². The number of aromatic nitrogens is 1. The van der Waals surface area contributed by atoms with Crippen LogP contribution in [0.2, 0.25) is 0 Å². The first-order valence-corrected chi connectivity index (χ1v) is 11.1. The van der Waals surface area contributed by atoms with E-state index >= 15 is 0 Å². The van der Waals surface area contributed by atoms with E-state index in [9.17, 15) is 18.7 Å². The van der Waals surface area contributed by atoms with E-state index in [0.29, 0.717) is 44.0 Å². The number of thiazole rings is 1. The molecule has 1 aliphatic heterocycles. The number of carbonyl (C=O) groups excluding carboxylic acids is 1. The average Bonchev–Trinajstić information content (AvgIpc) is 2.95. The second-order valence-electron chi connectivity index (χ2n) is 8.07. The number of rotatable bonds is 6. The number of amides is 1. The minimum absolute atomic E-state index is 0.0560. The Bertz CT molecular complexity index is 903. The molecule has 3 rings (SSSR count). The molecule has 0 radical (unpaired) electrons. The van der Waals surface area contributed by atoms with Crippen LogP contribution in [0.4, 0.5) is 8.78 Å². The normalized spacial score (nSPS) is 19.8. The number of hydrogen-bond acceptors (Lipinski definition) is 5. The van der Waals surface area contributed by atoms with Crippen LogP contribution in [0.3, 0.4) is 0 Å². The molecule has 8 heteroatoms. The third kappa shape index (κ3) is 5.16. The number of benzene rings is 1. The number of likely N-dealkylation sites (tertiary alicyclic amines) is 1. The molecule has 0 spiro atoms. The fourth-order valence-corrected chi connectivity index (χ4v) is 4.79. The lowest BCUT2D eigenvalue weighted by molar-refractivity contribution is -0.134. The summed E-state index contributed by atoms with van der Waals surface area (Å²) < 4.78 is 31.8. The predicted molar refractivity (Wildman–Crippen MR) is 112 cm³/mol. The summed E-state index contributed by atoms with van der Waals surface area (Å²) in [4.78, 5) is 19.7. The number of hydrogen-bond donors (Lipinski definition) is 1. The van der Waals surface area contributed by atoms with Crippen molar-refractivity contribution < 1.29 is 23.4 Å². The molecular weight excluding hydrogens is 410 g/mol. The molecule has 1 aliphatic rings. The number of aryl methyl sites for hydroxylation is 1. The summed E-state index contributed by atoms with van der Waals surface area (Å²) >= 11 is 1.45. The molecule has 1 aromatic carbocycles. The molecular formula is C22H28F2N2O3S. The molecule has 2 heterocycles. The van der Waals surface area contributed by atoms with Gasteiger partial charge in [0.25, 0.3) is 0 Å². The van der Waals surface area contributed by atoms with E-state index in [-0.39, 0.29) is 17.6 Å². The van der Waals surface area contributed by atoms with Crippen LogP contribution in [0.15, 0.2) is 18.2 Å². The zero-order valence-electron chi connectivity index (χ0n) is 17.6. The molecule has 1 aromatic heterocycles. The van der Waals surface area contributed by atoms with Crippen molar-refractivity contribution in [2.45, 2.75) is 52.1 Å². The van der Waals surface area contributed by atoms with Crippen molar-refractivity contribution in [3.8, 4) is 5.75 Å². The van der Waals surface area contributed by atoms with Crippen LogP contribution >= 0.6 is 11.3 Å². The Balaban J connectivity index is 1.63. The summed E-state index contributed by atoms with van der Waals surface area (Å²) in [7, 11) is 0. The maximum Gasteiger partial charge on any atom is 0.225 e. The minimum Gasteiger partial charge on any atom is -0.493 e. The molecule has 1 N–H and O–H groups in total. The molecule has 1 atom stereocenters. The van der Waals surface area contributed by atoms with E-state index < -0.39 is 17.2 Å². The van der Waals surface area contributed by atoms with Gasteiger partial charge in [0, 0.05) is 42.8 Å². The largest absolute Gasteiger partial charge is 0.493 e. The molecule has 1 saturated heterocycles. The molecule has 2 aromatic rings. The molecule has 30 heavy (non-hydrogen) atoms. The summed E-state index contributed by atoms with van der Waals surface area (Å²) in [5.41, 5.74) is -0.211. The first kappa shape index (κ1) is 22.6. The minimum atomic E-state index is -1.04. The molecule has 0 bridgehead atoms. The van der Waals surface area contributed by atoms with Crippen LogP contribution in [-0.4, -0.2) is 40.6 Å². The van der Waals surface area contributed by atoms with E-state index in [0.717, 1.165) is 29.1 Å². The molecule has 0 unspecified atom stereocenters. The molecule has 1 amide bonds. The van der Waals surface area contributed by atoms with Gasteiger partial charge in [0.1, 0.15) is 16.4 Å². The number of ether oxygens (including phenoxy) is 1. The van der Waals surface area contributed by atoms with Gasteiger partial charge in [-0.3, -0.25) is 4.79 Å². The average molecular weight is 439 g/mol. The highest BCUT2D eigenvalue weighted by Crippen LogP contribution is 2.37. The lowest BCUT2D eigenvalue weighted by Crippen LogP contribution is -2.36. The Morgan fingerprint density at radius 2 is 2.07 bits per heavy atom. The first-order valence-electron chi connectivity index (χ1n) is 10.3. The Kier molecular flexibility index (Phi) is 7.08. The van der Waals surface area contributed by atoms with Crippen molar-refractivity contribution in [1.29, 1.82) is 0 Å². The van der Waals surface area contributed by atoms with Gasteiger partial charge in [0.05, 0.1) is 12.3 Å². The smallest absolute Gasteiger partial charge is 0.225 e. The maximum absolute atomic E-state index is 13.3. The summed E-state index contributed by atoms with van der Waals surface area (Å²) in [6, 6.07) is 3.45. The van der Waals surface area contributed by atoms with Gasteiger partial charge in [0.2, 0.25) is 5.91 Å². The monoisotopic (exact) mass is 438 g/mol. The maximum atomic E-state index is 13.3. The van der Waals surface area contributed by atoms with Gasteiger partial charge in [-0.05, 0) is 31.9 Å². The fraction of sp³-hybridized carbons (Fsp3) is 0.545. The lowest BCUT2D eigenvalue weighted by atomic mass is 9.96. The molecule has 1 fully saturated rings. The van der Waals surface area contributed by atoms with Gasteiger partial charge < -0.3 is 14.7 Å². The predicted octanol–water partition coefficient (Wildman–Crippen LogP) is 4.21.